The van der Waals surface area contributed by atoms with Crippen LogP contribution in [0.2, 0.25) is 0 Å². The normalized spacial score (nSPS) is 20.1. The van der Waals surface area contributed by atoms with Crippen LogP contribution in [0.5, 0.6) is 0 Å². The van der Waals surface area contributed by atoms with Gasteiger partial charge in [0, 0.05) is 53.2 Å². The third kappa shape index (κ3) is 2.97. The van der Waals surface area contributed by atoms with Gasteiger partial charge in [-0.05, 0) is 67.6 Å². The maximum Gasteiger partial charge on any atom is 0.261 e. The molecule has 6 heterocycles. The summed E-state index contributed by atoms with van der Waals surface area (Å²) in [7, 11) is 0. The smallest absolute Gasteiger partial charge is 0.261 e. The Morgan fingerprint density at radius 3 is 2.44 bits per heavy atom. The Balaban J connectivity index is 1.55. The number of aryl methyl sites for hydroxylation is 1. The Hall–Kier alpha value is -4.57. The van der Waals surface area contributed by atoms with Crippen LogP contribution < -0.4 is 8.97 Å². The molecule has 0 N–H and O–H groups in total. The summed E-state index contributed by atoms with van der Waals surface area (Å²) in [6.45, 7) is 9.17. The SMILES string of the molecule is CCC1(C)c2ccccc2-c2cccc[n+]2C1(CC)c1cc2ccc3c4ccc(C)nc4oc3c2c2cccc[n+]12. The maximum absolute atomic E-state index is 6.53. The van der Waals surface area contributed by atoms with Gasteiger partial charge in [0.05, 0.1) is 16.4 Å². The summed E-state index contributed by atoms with van der Waals surface area (Å²) in [5, 5.41) is 4.47. The summed E-state index contributed by atoms with van der Waals surface area (Å²) < 4.78 is 11.5. The number of furan rings is 1. The third-order valence-corrected chi connectivity index (χ3v) is 9.97. The lowest BCUT2D eigenvalue weighted by molar-refractivity contribution is -0.774. The first-order valence-electron chi connectivity index (χ1n) is 14.7. The van der Waals surface area contributed by atoms with E-state index in [0.29, 0.717) is 5.71 Å². The van der Waals surface area contributed by atoms with Crippen LogP contribution >= 0.6 is 0 Å². The zero-order chi connectivity index (χ0) is 27.9. The fourth-order valence-electron chi connectivity index (χ4n) is 7.91. The van der Waals surface area contributed by atoms with Gasteiger partial charge < -0.3 is 4.42 Å². The zero-order valence-corrected chi connectivity index (χ0v) is 24.0. The highest BCUT2D eigenvalue weighted by Crippen LogP contribution is 2.52. The first-order chi connectivity index (χ1) is 20.0. The lowest BCUT2D eigenvalue weighted by Gasteiger charge is -2.45. The van der Waals surface area contributed by atoms with E-state index < -0.39 is 0 Å². The van der Waals surface area contributed by atoms with Gasteiger partial charge in [0.1, 0.15) is 0 Å². The first-order valence-corrected chi connectivity index (χ1v) is 14.7. The van der Waals surface area contributed by atoms with Gasteiger partial charge in [-0.15, -0.1) is 0 Å². The second kappa shape index (κ2) is 8.47. The van der Waals surface area contributed by atoms with Crippen LogP contribution in [-0.4, -0.2) is 4.98 Å². The average molecular weight is 536 g/mol. The lowest BCUT2D eigenvalue weighted by atomic mass is 9.58. The van der Waals surface area contributed by atoms with E-state index in [-0.39, 0.29) is 11.0 Å². The summed E-state index contributed by atoms with van der Waals surface area (Å²) in [5.41, 5.74) is 8.47. The van der Waals surface area contributed by atoms with Crippen molar-refractivity contribution < 1.29 is 13.4 Å². The topological polar surface area (TPSA) is 34.0 Å². The standard InChI is InChI=1S/C37H33N3O/c1-5-36(4)29-14-8-7-13-28(29)30-15-10-12-22-40(30)37(36,6-2)32-23-25-18-20-26-27-19-17-24(3)38-35(27)41-34(26)33(25)31-16-9-11-21-39(31)32/h7-23H,5-6H2,1-4H3/q+2. The Bertz CT molecular complexity index is 2180. The summed E-state index contributed by atoms with van der Waals surface area (Å²) >= 11 is 0. The Kier molecular flexibility index (Phi) is 5.01. The van der Waals surface area contributed by atoms with Gasteiger partial charge in [-0.2, -0.15) is 8.97 Å². The highest BCUT2D eigenvalue weighted by atomic mass is 16.3. The van der Waals surface area contributed by atoms with Crippen LogP contribution in [-0.2, 0) is 11.0 Å². The fourth-order valence-corrected chi connectivity index (χ4v) is 7.91. The molecule has 1 aliphatic heterocycles. The number of aromatic nitrogens is 3. The zero-order valence-electron chi connectivity index (χ0n) is 24.0. The van der Waals surface area contributed by atoms with Gasteiger partial charge in [0.25, 0.3) is 11.2 Å². The van der Waals surface area contributed by atoms with E-state index >= 15 is 0 Å². The van der Waals surface area contributed by atoms with E-state index in [0.717, 1.165) is 45.8 Å². The van der Waals surface area contributed by atoms with E-state index in [4.69, 9.17) is 9.40 Å². The minimum Gasteiger partial charge on any atom is -0.437 e. The number of fused-ring (bicyclic) bond motifs is 10. The monoisotopic (exact) mass is 535 g/mol. The number of benzene rings is 2. The number of rotatable bonds is 3. The van der Waals surface area contributed by atoms with Crippen LogP contribution in [0.15, 0.2) is 108 Å². The van der Waals surface area contributed by atoms with Gasteiger partial charge in [0.15, 0.2) is 18.0 Å². The molecule has 0 amide bonds. The molecule has 0 saturated heterocycles. The average Bonchev–Trinajstić information content (AvgIpc) is 3.39. The van der Waals surface area contributed by atoms with E-state index in [9.17, 15) is 0 Å². The number of pyridine rings is 4. The molecule has 2 unspecified atom stereocenters. The molecule has 0 bridgehead atoms. The summed E-state index contributed by atoms with van der Waals surface area (Å²) in [5.74, 6) is 0. The molecule has 1 aliphatic rings. The van der Waals surface area contributed by atoms with Crippen molar-refractivity contribution in [1.82, 2.24) is 4.98 Å². The summed E-state index contributed by atoms with van der Waals surface area (Å²) in [4.78, 5) is 4.71. The number of nitrogens with zero attached hydrogens (tertiary/aromatic N) is 3. The van der Waals surface area contributed by atoms with Crippen LogP contribution in [0.1, 0.15) is 50.6 Å². The molecular weight excluding hydrogens is 502 g/mol. The highest BCUT2D eigenvalue weighted by Gasteiger charge is 2.64. The summed E-state index contributed by atoms with van der Waals surface area (Å²) in [6, 6.07) is 33.2. The minimum atomic E-state index is -0.341. The van der Waals surface area contributed by atoms with E-state index in [2.05, 4.69) is 133 Å². The van der Waals surface area contributed by atoms with E-state index in [1.165, 1.54) is 27.9 Å². The van der Waals surface area contributed by atoms with Crippen molar-refractivity contribution in [2.45, 2.75) is 51.5 Å². The molecule has 0 saturated carbocycles. The molecule has 0 fully saturated rings. The largest absolute Gasteiger partial charge is 0.437 e. The lowest BCUT2D eigenvalue weighted by Crippen LogP contribution is -2.71. The quantitative estimate of drug-likeness (QED) is 0.170. The molecule has 0 aliphatic carbocycles. The van der Waals surface area contributed by atoms with Gasteiger partial charge >= 0.3 is 0 Å². The van der Waals surface area contributed by atoms with Crippen molar-refractivity contribution in [1.29, 1.82) is 0 Å². The molecule has 41 heavy (non-hydrogen) atoms. The van der Waals surface area contributed by atoms with Crippen LogP contribution in [0, 0.1) is 6.92 Å². The number of hydrogen-bond acceptors (Lipinski definition) is 2. The molecule has 200 valence electrons. The Labute approximate surface area is 239 Å². The second-order valence-corrected chi connectivity index (χ2v) is 11.7. The third-order valence-electron chi connectivity index (χ3n) is 9.97. The maximum atomic E-state index is 6.53. The van der Waals surface area contributed by atoms with Crippen molar-refractivity contribution in [2.75, 3.05) is 0 Å². The van der Waals surface area contributed by atoms with Gasteiger partial charge in [0.2, 0.25) is 16.9 Å². The molecule has 8 rings (SSSR count). The van der Waals surface area contributed by atoms with Crippen LogP contribution in [0.25, 0.3) is 49.6 Å². The minimum absolute atomic E-state index is 0.161. The van der Waals surface area contributed by atoms with Crippen molar-refractivity contribution in [2.24, 2.45) is 0 Å². The molecule has 7 aromatic rings. The second-order valence-electron chi connectivity index (χ2n) is 11.7. The first kappa shape index (κ1) is 24.2. The molecule has 0 radical (unpaired) electrons. The molecule has 4 heteroatoms. The fraction of sp³-hybridized carbons (Fsp3) is 0.216. The summed E-state index contributed by atoms with van der Waals surface area (Å²) in [6.07, 6.45) is 6.45. The van der Waals surface area contributed by atoms with Crippen molar-refractivity contribution in [3.63, 3.8) is 0 Å². The van der Waals surface area contributed by atoms with E-state index in [1.807, 2.05) is 6.92 Å². The van der Waals surface area contributed by atoms with Crippen LogP contribution in [0.4, 0.5) is 0 Å². The molecule has 2 atom stereocenters. The predicted molar refractivity (Wildman–Crippen MR) is 164 cm³/mol. The Morgan fingerprint density at radius 1 is 0.805 bits per heavy atom. The van der Waals surface area contributed by atoms with Gasteiger partial charge in [-0.3, -0.25) is 0 Å². The van der Waals surface area contributed by atoms with Crippen LogP contribution in [0.3, 0.4) is 0 Å². The van der Waals surface area contributed by atoms with Crippen molar-refractivity contribution >= 4 is 38.4 Å². The van der Waals surface area contributed by atoms with Crippen molar-refractivity contribution in [3.05, 3.63) is 120 Å². The molecule has 4 nitrogen and oxygen atoms in total. The molecule has 5 aromatic heterocycles. The van der Waals surface area contributed by atoms with Gasteiger partial charge in [-0.1, -0.05) is 38.1 Å². The Morgan fingerprint density at radius 2 is 1.59 bits per heavy atom. The molecular formula is C37H33N3O+2. The van der Waals surface area contributed by atoms with E-state index in [1.54, 1.807) is 0 Å². The number of hydrogen-bond donors (Lipinski definition) is 0. The molecule has 0 spiro atoms. The molecule has 2 aromatic carbocycles. The van der Waals surface area contributed by atoms with Gasteiger partial charge in [-0.25, -0.2) is 4.98 Å². The predicted octanol–water partition coefficient (Wildman–Crippen LogP) is 7.97. The highest BCUT2D eigenvalue weighted by molar-refractivity contribution is 6.18. The van der Waals surface area contributed by atoms with Crippen molar-refractivity contribution in [3.8, 4) is 11.3 Å².